The van der Waals surface area contributed by atoms with E-state index in [-0.39, 0.29) is 18.4 Å². The summed E-state index contributed by atoms with van der Waals surface area (Å²) in [5, 5.41) is 21.4. The van der Waals surface area contributed by atoms with E-state index < -0.39 is 13.1 Å². The summed E-state index contributed by atoms with van der Waals surface area (Å²) in [6.07, 6.45) is 12.6. The normalized spacial score (nSPS) is 17.3. The second-order valence-electron chi connectivity index (χ2n) is 8.86. The fourth-order valence-corrected chi connectivity index (χ4v) is 4.23. The van der Waals surface area contributed by atoms with Gasteiger partial charge in [-0.05, 0) is 25.7 Å². The van der Waals surface area contributed by atoms with Crippen LogP contribution in [0.1, 0.15) is 44.3 Å². The topological polar surface area (TPSA) is 127 Å². The fourth-order valence-electron chi connectivity index (χ4n) is 4.23. The standard InChI is InChI=1S/C22H34BN7O4/c1-27-13-9-24-19(27)16-29(17-20-25-10-14-28(20)2)11-5-3-4-8-21(31)26-15-22(32)30-12-6-7-18(30)23(33)34/h9,13-14,18,33-34H,3-8,11-12,15-17H2,1-2H3/p+1. The zero-order chi connectivity index (χ0) is 24.5. The van der Waals surface area contributed by atoms with Crippen LogP contribution in [0.15, 0.2) is 23.6 Å². The number of aryl methyl sites for hydroxylation is 1. The summed E-state index contributed by atoms with van der Waals surface area (Å²) in [6, 6.07) is 0. The van der Waals surface area contributed by atoms with E-state index in [9.17, 15) is 19.6 Å². The number of nitrogens with zero attached hydrogens (tertiary/aromatic N) is 6. The van der Waals surface area contributed by atoms with E-state index in [4.69, 9.17) is 0 Å². The molecule has 11 nitrogen and oxygen atoms in total. The minimum Gasteiger partial charge on any atom is -0.426 e. The minimum atomic E-state index is -1.55. The van der Waals surface area contributed by atoms with E-state index >= 15 is 0 Å². The molecule has 2 aliphatic rings. The number of unbranched alkanes of at least 4 members (excludes halogenated alkanes) is 2. The monoisotopic (exact) mass is 472 g/mol. The number of aromatic nitrogens is 2. The third-order valence-corrected chi connectivity index (χ3v) is 6.28. The number of likely N-dealkylation sites (tertiary alicyclic amines) is 1. The van der Waals surface area contributed by atoms with Crippen molar-refractivity contribution in [3.63, 3.8) is 0 Å². The maximum absolute atomic E-state index is 12.3. The molecule has 2 amide bonds. The molecular weight excluding hydrogens is 437 g/mol. The van der Waals surface area contributed by atoms with Crippen LogP contribution in [-0.2, 0) is 23.2 Å². The van der Waals surface area contributed by atoms with Gasteiger partial charge in [0.05, 0.1) is 19.0 Å². The Bertz CT molecular complexity index is 888. The largest absolute Gasteiger partial charge is 0.475 e. The SMILES string of the molecule is CN1C=[C+]N=C1CN(CCCCCC(=O)NCC(=O)N1CCCC1B(O)O)Cc1nccn1C. The maximum atomic E-state index is 12.3. The van der Waals surface area contributed by atoms with Gasteiger partial charge in [-0.25, -0.2) is 9.88 Å². The number of hydrogen-bond donors (Lipinski definition) is 3. The lowest BCUT2D eigenvalue weighted by molar-refractivity contribution is -0.132. The van der Waals surface area contributed by atoms with Crippen molar-refractivity contribution in [3.05, 3.63) is 30.6 Å². The lowest BCUT2D eigenvalue weighted by atomic mass is 9.78. The summed E-state index contributed by atoms with van der Waals surface area (Å²) in [5.41, 5.74) is 0. The first-order valence-electron chi connectivity index (χ1n) is 11.8. The van der Waals surface area contributed by atoms with E-state index in [0.717, 1.165) is 43.9 Å². The molecule has 1 atom stereocenters. The van der Waals surface area contributed by atoms with Crippen molar-refractivity contribution in [3.8, 4) is 0 Å². The summed E-state index contributed by atoms with van der Waals surface area (Å²) in [4.78, 5) is 38.9. The van der Waals surface area contributed by atoms with Crippen LogP contribution >= 0.6 is 0 Å². The van der Waals surface area contributed by atoms with Gasteiger partial charge in [0.25, 0.3) is 5.84 Å². The van der Waals surface area contributed by atoms with Gasteiger partial charge in [-0.2, -0.15) is 0 Å². The Morgan fingerprint density at radius 1 is 1.26 bits per heavy atom. The number of carbonyl (C=O) groups is 2. The van der Waals surface area contributed by atoms with E-state index in [1.165, 1.54) is 4.90 Å². The average molecular weight is 472 g/mol. The van der Waals surface area contributed by atoms with Crippen LogP contribution in [0.2, 0.25) is 0 Å². The third kappa shape index (κ3) is 7.36. The summed E-state index contributed by atoms with van der Waals surface area (Å²) in [6.45, 7) is 2.62. The Balaban J connectivity index is 1.35. The Labute approximate surface area is 201 Å². The fraction of sp³-hybridized carbons (Fsp3) is 0.636. The van der Waals surface area contributed by atoms with E-state index in [0.29, 0.717) is 32.5 Å². The Morgan fingerprint density at radius 3 is 2.76 bits per heavy atom. The van der Waals surface area contributed by atoms with Gasteiger partial charge in [-0.15, -0.1) is 0 Å². The highest BCUT2D eigenvalue weighted by Gasteiger charge is 2.36. The zero-order valence-corrected chi connectivity index (χ0v) is 20.1. The number of likely N-dealkylation sites (N-methyl/N-ethyl adjacent to an activating group) is 1. The Morgan fingerprint density at radius 2 is 2.09 bits per heavy atom. The third-order valence-electron chi connectivity index (χ3n) is 6.28. The molecule has 34 heavy (non-hydrogen) atoms. The van der Waals surface area contributed by atoms with Gasteiger partial charge >= 0.3 is 7.12 Å². The van der Waals surface area contributed by atoms with Gasteiger partial charge in [0.1, 0.15) is 12.4 Å². The lowest BCUT2D eigenvalue weighted by Gasteiger charge is -2.24. The van der Waals surface area contributed by atoms with Crippen LogP contribution < -0.4 is 5.32 Å². The molecule has 12 heteroatoms. The molecule has 2 aliphatic heterocycles. The molecule has 3 heterocycles. The van der Waals surface area contributed by atoms with Crippen molar-refractivity contribution >= 4 is 24.8 Å². The van der Waals surface area contributed by atoms with Crippen molar-refractivity contribution in [2.45, 2.75) is 51.0 Å². The van der Waals surface area contributed by atoms with Gasteiger partial charge in [-0.1, -0.05) is 6.42 Å². The second-order valence-corrected chi connectivity index (χ2v) is 8.86. The first-order chi connectivity index (χ1) is 16.3. The molecular formula is C22H35BN7O4+. The second kappa shape index (κ2) is 12.6. The number of amides is 2. The van der Waals surface area contributed by atoms with E-state index in [2.05, 4.69) is 26.4 Å². The molecule has 0 aliphatic carbocycles. The molecule has 1 saturated heterocycles. The molecule has 0 saturated carbocycles. The molecule has 0 bridgehead atoms. The number of nitrogens with one attached hydrogen (secondary N) is 1. The van der Waals surface area contributed by atoms with Crippen molar-refractivity contribution in [2.24, 2.45) is 12.0 Å². The predicted octanol–water partition coefficient (Wildman–Crippen LogP) is -0.480. The van der Waals surface area contributed by atoms with Crippen LogP contribution in [0.4, 0.5) is 0 Å². The molecule has 1 fully saturated rings. The predicted molar refractivity (Wildman–Crippen MR) is 128 cm³/mol. The molecule has 3 rings (SSSR count). The molecule has 3 N–H and O–H groups in total. The highest BCUT2D eigenvalue weighted by Crippen LogP contribution is 2.17. The molecule has 1 aromatic rings. The number of carbonyl (C=O) groups excluding carboxylic acids is 2. The number of amidine groups is 1. The summed E-state index contributed by atoms with van der Waals surface area (Å²) in [5.74, 6) is 0.896. The van der Waals surface area contributed by atoms with Crippen molar-refractivity contribution in [1.82, 2.24) is 29.6 Å². The molecule has 1 aromatic heterocycles. The van der Waals surface area contributed by atoms with E-state index in [1.54, 1.807) is 6.20 Å². The van der Waals surface area contributed by atoms with Crippen LogP contribution in [-0.4, -0.2) is 98.2 Å². The first kappa shape index (κ1) is 25.8. The Kier molecular flexibility index (Phi) is 9.58. The number of rotatable bonds is 13. The minimum absolute atomic E-state index is 0.111. The smallest absolute Gasteiger partial charge is 0.426 e. The van der Waals surface area contributed by atoms with Crippen LogP contribution in [0.3, 0.4) is 0 Å². The first-order valence-corrected chi connectivity index (χ1v) is 11.8. The van der Waals surface area contributed by atoms with Crippen molar-refractivity contribution < 1.29 is 19.6 Å². The highest BCUT2D eigenvalue weighted by atomic mass is 16.4. The van der Waals surface area contributed by atoms with Crippen molar-refractivity contribution in [2.75, 3.05) is 33.2 Å². The van der Waals surface area contributed by atoms with Crippen LogP contribution in [0.25, 0.3) is 0 Å². The number of aliphatic imine (C=N–C) groups is 1. The zero-order valence-electron chi connectivity index (χ0n) is 20.1. The molecule has 0 radical (unpaired) electrons. The Hall–Kier alpha value is -2.79. The highest BCUT2D eigenvalue weighted by molar-refractivity contribution is 6.43. The van der Waals surface area contributed by atoms with Crippen LogP contribution in [0, 0.1) is 6.20 Å². The van der Waals surface area contributed by atoms with Gasteiger partial charge in [-0.3, -0.25) is 14.5 Å². The van der Waals surface area contributed by atoms with Gasteiger partial charge in [0, 0.05) is 51.0 Å². The average Bonchev–Trinajstić information content (AvgIpc) is 3.54. The molecule has 184 valence electrons. The van der Waals surface area contributed by atoms with Gasteiger partial charge in [0.2, 0.25) is 18.0 Å². The van der Waals surface area contributed by atoms with E-state index in [1.807, 2.05) is 36.0 Å². The lowest BCUT2D eigenvalue weighted by Crippen LogP contribution is -2.48. The maximum Gasteiger partial charge on any atom is 0.475 e. The molecule has 0 aromatic carbocycles. The summed E-state index contributed by atoms with van der Waals surface area (Å²) < 4.78 is 2.01. The quantitative estimate of drug-likeness (QED) is 0.201. The molecule has 0 spiro atoms. The number of imidazole rings is 1. The summed E-state index contributed by atoms with van der Waals surface area (Å²) in [7, 11) is 2.39. The summed E-state index contributed by atoms with van der Waals surface area (Å²) >= 11 is 0. The van der Waals surface area contributed by atoms with Gasteiger partial charge < -0.3 is 24.8 Å². The van der Waals surface area contributed by atoms with Crippen LogP contribution in [0.5, 0.6) is 0 Å². The van der Waals surface area contributed by atoms with Gasteiger partial charge in [0.15, 0.2) is 6.20 Å². The number of hydrogen-bond acceptors (Lipinski definition) is 8. The van der Waals surface area contributed by atoms with Crippen molar-refractivity contribution in [1.29, 1.82) is 0 Å². The molecule has 1 unspecified atom stereocenters.